The number of allylic oxidation sites excluding steroid dienone is 2. The lowest BCUT2D eigenvalue weighted by molar-refractivity contribution is -0.131. The van der Waals surface area contributed by atoms with Gasteiger partial charge in [-0.3, -0.25) is 19.4 Å². The number of hydrogen-bond donors (Lipinski definition) is 3. The molecule has 3 aliphatic rings. The van der Waals surface area contributed by atoms with Gasteiger partial charge >= 0.3 is 6.09 Å². The van der Waals surface area contributed by atoms with Crippen LogP contribution in [0.5, 0.6) is 0 Å². The summed E-state index contributed by atoms with van der Waals surface area (Å²) in [5.74, 6) is -1.41. The minimum absolute atomic E-state index is 0.0353. The Hall–Kier alpha value is -3.24. The molecule has 9 nitrogen and oxygen atoms in total. The van der Waals surface area contributed by atoms with Gasteiger partial charge in [-0.25, -0.2) is 9.18 Å². The number of anilines is 1. The molecular weight excluding hydrogens is 503 g/mol. The Bertz CT molecular complexity index is 1190. The molecule has 1 aromatic carbocycles. The average molecular weight is 543 g/mol. The predicted molar refractivity (Wildman–Crippen MR) is 146 cm³/mol. The highest BCUT2D eigenvalue weighted by Gasteiger charge is 2.56. The van der Waals surface area contributed by atoms with E-state index in [0.717, 1.165) is 18.5 Å². The first-order chi connectivity index (χ1) is 18.4. The summed E-state index contributed by atoms with van der Waals surface area (Å²) < 4.78 is 20.7. The lowest BCUT2D eigenvalue weighted by Crippen LogP contribution is -2.59. The summed E-state index contributed by atoms with van der Waals surface area (Å²) in [6.45, 7) is 9.94. The molecule has 0 aromatic heterocycles. The van der Waals surface area contributed by atoms with Crippen LogP contribution in [0.2, 0.25) is 0 Å². The first-order valence-electron chi connectivity index (χ1n) is 13.5. The van der Waals surface area contributed by atoms with Crippen LogP contribution in [0, 0.1) is 5.92 Å². The molecule has 4 rings (SSSR count). The fourth-order valence-electron chi connectivity index (χ4n) is 5.70. The number of amides is 2. The topological polar surface area (TPSA) is 111 Å². The number of nitrogens with one attached hydrogen (secondary N) is 2. The first kappa shape index (κ1) is 28.8. The fourth-order valence-corrected chi connectivity index (χ4v) is 5.70. The van der Waals surface area contributed by atoms with E-state index in [-0.39, 0.29) is 36.5 Å². The number of Topliss-reactive ketones (excluding diaryl/α,β-unsaturated/α-hetero) is 1. The van der Waals surface area contributed by atoms with Crippen LogP contribution in [0.15, 0.2) is 47.6 Å². The monoisotopic (exact) mass is 542 g/mol. The summed E-state index contributed by atoms with van der Waals surface area (Å²) in [7, 11) is 0. The summed E-state index contributed by atoms with van der Waals surface area (Å²) in [4.78, 5) is 41.8. The van der Waals surface area contributed by atoms with Crippen molar-refractivity contribution in [3.8, 4) is 0 Å². The maximum absolute atomic E-state index is 15.1. The molecule has 2 fully saturated rings. The van der Waals surface area contributed by atoms with Crippen LogP contribution in [-0.4, -0.2) is 76.1 Å². The normalized spacial score (nSPS) is 25.5. The van der Waals surface area contributed by atoms with E-state index in [4.69, 9.17) is 9.84 Å². The zero-order valence-electron chi connectivity index (χ0n) is 23.3. The molecule has 212 valence electrons. The second kappa shape index (κ2) is 11.1. The van der Waals surface area contributed by atoms with E-state index in [1.165, 1.54) is 11.0 Å². The Balaban J connectivity index is 1.56. The number of likely N-dealkylation sites (N-methyl/N-ethyl adjacent to an activating group) is 1. The number of carbonyl (C=O) groups is 3. The molecule has 2 unspecified atom stereocenters. The van der Waals surface area contributed by atoms with Crippen molar-refractivity contribution in [3.63, 3.8) is 0 Å². The summed E-state index contributed by atoms with van der Waals surface area (Å²) >= 11 is 0. The highest BCUT2D eigenvalue weighted by molar-refractivity contribution is 5.97. The lowest BCUT2D eigenvalue weighted by atomic mass is 9.78. The third-order valence-electron chi connectivity index (χ3n) is 7.72. The van der Waals surface area contributed by atoms with Gasteiger partial charge in [-0.2, -0.15) is 0 Å². The highest BCUT2D eigenvalue weighted by Crippen LogP contribution is 2.45. The molecule has 2 amide bonds. The van der Waals surface area contributed by atoms with Gasteiger partial charge in [0, 0.05) is 48.4 Å². The molecule has 1 aromatic rings. The molecule has 0 bridgehead atoms. The molecule has 10 heteroatoms. The number of ketones is 1. The zero-order valence-corrected chi connectivity index (χ0v) is 23.3. The second-order valence-corrected chi connectivity index (χ2v) is 11.6. The van der Waals surface area contributed by atoms with Crippen LogP contribution in [0.4, 0.5) is 14.9 Å². The Kier molecular flexibility index (Phi) is 8.18. The molecule has 2 heterocycles. The van der Waals surface area contributed by atoms with Crippen molar-refractivity contribution in [3.05, 3.63) is 53.1 Å². The molecule has 0 radical (unpaired) electrons. The number of carbonyl (C=O) groups excluding carboxylic acids is 3. The molecule has 2 saturated heterocycles. The molecule has 39 heavy (non-hydrogen) atoms. The minimum atomic E-state index is -1.00. The van der Waals surface area contributed by atoms with Crippen molar-refractivity contribution in [1.29, 1.82) is 0 Å². The largest absolute Gasteiger partial charge is 0.443 e. The maximum Gasteiger partial charge on any atom is 0.414 e. The summed E-state index contributed by atoms with van der Waals surface area (Å²) in [6, 6.07) is 6.99. The standard InChI is InChI=1S/C29H39FN4O5/c1-6-34(27(38)39-28(2,3)4)23-15-19(30)14-22-25(23)32-26(37)29(22,5)33-13-7-8-21(16-33)31-20-11-9-18(10-12-20)24(36)17-35/h9-12,15,21-22,31,35H,6-8,13-14,16-17H2,1-5H3,(H,32,37)/t21-,22?,29?/m1/s1. The van der Waals surface area contributed by atoms with Crippen LogP contribution < -0.4 is 10.6 Å². The summed E-state index contributed by atoms with van der Waals surface area (Å²) in [6.07, 6.45) is 2.54. The summed E-state index contributed by atoms with van der Waals surface area (Å²) in [5, 5.41) is 15.6. The number of hydrogen-bond acceptors (Lipinski definition) is 7. The fraction of sp³-hybridized carbons (Fsp3) is 0.552. The molecule has 3 atom stereocenters. The number of piperidine rings is 1. The minimum Gasteiger partial charge on any atom is -0.443 e. The van der Waals surface area contributed by atoms with Crippen molar-refractivity contribution >= 4 is 23.5 Å². The van der Waals surface area contributed by atoms with E-state index in [1.807, 2.05) is 6.92 Å². The van der Waals surface area contributed by atoms with E-state index in [2.05, 4.69) is 15.5 Å². The van der Waals surface area contributed by atoms with Crippen molar-refractivity contribution in [2.24, 2.45) is 5.92 Å². The molecule has 3 N–H and O–H groups in total. The number of benzene rings is 1. The van der Waals surface area contributed by atoms with Gasteiger partial charge in [0.25, 0.3) is 0 Å². The van der Waals surface area contributed by atoms with Crippen LogP contribution in [0.3, 0.4) is 0 Å². The first-order valence-corrected chi connectivity index (χ1v) is 13.5. The number of rotatable bonds is 7. The van der Waals surface area contributed by atoms with Gasteiger partial charge in [-0.05, 0) is 84.3 Å². The SMILES string of the molecule is CCN(C(=O)OC(C)(C)C)C1=C2NC(=O)C(C)(N3CCC[C@@H](Nc4ccc(C(=O)CO)cc4)C3)C2CC(F)=C1. The van der Waals surface area contributed by atoms with E-state index in [0.29, 0.717) is 30.0 Å². The van der Waals surface area contributed by atoms with Crippen molar-refractivity contribution in [2.75, 3.05) is 31.6 Å². The maximum atomic E-state index is 15.1. The van der Waals surface area contributed by atoms with E-state index < -0.39 is 29.8 Å². The number of likely N-dealkylation sites (tertiary alicyclic amines) is 1. The third kappa shape index (κ3) is 5.86. The molecule has 1 aliphatic carbocycles. The Morgan fingerprint density at radius 2 is 1.97 bits per heavy atom. The van der Waals surface area contributed by atoms with Gasteiger partial charge in [-0.15, -0.1) is 0 Å². The number of aliphatic hydroxyl groups is 1. The average Bonchev–Trinajstić information content (AvgIpc) is 3.14. The molecule has 0 spiro atoms. The number of halogens is 1. The van der Waals surface area contributed by atoms with Gasteiger partial charge in [0.2, 0.25) is 5.91 Å². The van der Waals surface area contributed by atoms with Crippen LogP contribution in [0.1, 0.15) is 64.2 Å². The van der Waals surface area contributed by atoms with Crippen molar-refractivity contribution in [1.82, 2.24) is 15.1 Å². The van der Waals surface area contributed by atoms with Gasteiger partial charge in [-0.1, -0.05) is 0 Å². The van der Waals surface area contributed by atoms with Crippen LogP contribution >= 0.6 is 0 Å². The number of aliphatic hydroxyl groups excluding tert-OH is 1. The Labute approximate surface area is 229 Å². The van der Waals surface area contributed by atoms with E-state index in [1.54, 1.807) is 52.0 Å². The molecule has 0 saturated carbocycles. The second-order valence-electron chi connectivity index (χ2n) is 11.6. The predicted octanol–water partition coefficient (Wildman–Crippen LogP) is 3.97. The zero-order chi connectivity index (χ0) is 28.5. The van der Waals surface area contributed by atoms with Crippen molar-refractivity contribution < 1.29 is 28.6 Å². The van der Waals surface area contributed by atoms with Crippen molar-refractivity contribution in [2.45, 2.75) is 71.1 Å². The Morgan fingerprint density at radius 3 is 2.59 bits per heavy atom. The molecule has 2 aliphatic heterocycles. The lowest BCUT2D eigenvalue weighted by Gasteiger charge is -2.45. The number of nitrogens with zero attached hydrogens (tertiary/aromatic N) is 2. The van der Waals surface area contributed by atoms with Gasteiger partial charge in [0.05, 0.1) is 5.70 Å². The van der Waals surface area contributed by atoms with Gasteiger partial charge in [0.1, 0.15) is 23.6 Å². The summed E-state index contributed by atoms with van der Waals surface area (Å²) in [5.41, 5.74) is 0.445. The highest BCUT2D eigenvalue weighted by atomic mass is 19.1. The molecular formula is C29H39FN4O5. The van der Waals surface area contributed by atoms with Gasteiger partial charge < -0.3 is 20.5 Å². The number of ether oxygens (including phenoxy) is 1. The quantitative estimate of drug-likeness (QED) is 0.447. The van der Waals surface area contributed by atoms with Gasteiger partial charge in [0.15, 0.2) is 5.78 Å². The number of fused-ring (bicyclic) bond motifs is 1. The van der Waals surface area contributed by atoms with E-state index >= 15 is 4.39 Å². The van der Waals surface area contributed by atoms with Crippen LogP contribution in [0.25, 0.3) is 0 Å². The smallest absolute Gasteiger partial charge is 0.414 e. The third-order valence-corrected chi connectivity index (χ3v) is 7.72. The van der Waals surface area contributed by atoms with E-state index in [9.17, 15) is 14.4 Å². The van der Waals surface area contributed by atoms with Crippen LogP contribution in [-0.2, 0) is 9.53 Å². The Morgan fingerprint density at radius 1 is 1.28 bits per heavy atom.